The van der Waals surface area contributed by atoms with Crippen molar-refractivity contribution in [1.29, 1.82) is 0 Å². The van der Waals surface area contributed by atoms with Gasteiger partial charge >= 0.3 is 0 Å². The molecule has 0 aromatic heterocycles. The van der Waals surface area contributed by atoms with Crippen LogP contribution in [0.1, 0.15) is 26.3 Å². The Morgan fingerprint density at radius 2 is 1.25 bits per heavy atom. The van der Waals surface area contributed by atoms with Crippen LogP contribution in [0.4, 0.5) is 11.4 Å². The first-order chi connectivity index (χ1) is 11.0. The van der Waals surface area contributed by atoms with E-state index in [0.717, 1.165) is 11.4 Å². The van der Waals surface area contributed by atoms with Crippen LogP contribution in [0.3, 0.4) is 0 Å². The number of hydrogen-bond acceptors (Lipinski definition) is 1. The van der Waals surface area contributed by atoms with Gasteiger partial charge in [-0.05, 0) is 46.4 Å². The summed E-state index contributed by atoms with van der Waals surface area (Å²) >= 11 is 0. The maximum Gasteiger partial charge on any atom is 0.0387 e. The normalized spacial score (nSPS) is 10.8. The van der Waals surface area contributed by atoms with Crippen LogP contribution in [-0.4, -0.2) is 0 Å². The number of halogens is 1. The Bertz CT molecular complexity index is 771. The van der Waals surface area contributed by atoms with E-state index in [0.29, 0.717) is 0 Å². The van der Waals surface area contributed by atoms with Crippen molar-refractivity contribution in [2.75, 3.05) is 5.32 Å². The lowest BCUT2D eigenvalue weighted by Gasteiger charge is -2.20. The van der Waals surface area contributed by atoms with E-state index in [1.807, 2.05) is 6.07 Å². The molecule has 0 bridgehead atoms. The van der Waals surface area contributed by atoms with Gasteiger partial charge in [0.2, 0.25) is 0 Å². The first-order valence-electron chi connectivity index (χ1n) is 8.05. The molecule has 0 saturated heterocycles. The second kappa shape index (κ2) is 7.55. The average Bonchev–Trinajstić information content (AvgIpc) is 2.56. The first-order valence-corrected chi connectivity index (χ1v) is 8.05. The second-order valence-corrected chi connectivity index (χ2v) is 6.90. The quantitative estimate of drug-likeness (QED) is 0.553. The smallest absolute Gasteiger partial charge is 0.0387 e. The zero-order chi connectivity index (χ0) is 16.3. The van der Waals surface area contributed by atoms with Crippen molar-refractivity contribution in [3.63, 3.8) is 0 Å². The summed E-state index contributed by atoms with van der Waals surface area (Å²) in [5.41, 5.74) is 6.21. The topological polar surface area (TPSA) is 12.0 Å². The predicted molar refractivity (Wildman–Crippen MR) is 108 cm³/mol. The van der Waals surface area contributed by atoms with E-state index in [1.54, 1.807) is 0 Å². The summed E-state index contributed by atoms with van der Waals surface area (Å²) in [7, 11) is 0. The third-order valence-electron chi connectivity index (χ3n) is 4.01. The minimum Gasteiger partial charge on any atom is -0.356 e. The number of hydrogen-bond donors (Lipinski definition) is 1. The summed E-state index contributed by atoms with van der Waals surface area (Å²) in [6.45, 7) is 6.71. The molecule has 0 radical (unpaired) electrons. The molecule has 1 nitrogen and oxygen atoms in total. The van der Waals surface area contributed by atoms with Gasteiger partial charge in [0.1, 0.15) is 0 Å². The maximum absolute atomic E-state index is 3.50. The third kappa shape index (κ3) is 4.39. The standard InChI is InChI=1S/C22H23N.ClH/c1-22(2,3)19-10-7-11-21(16-19)23-20-14-12-18(13-15-20)17-8-5-4-6-9-17;/h4-16,23H,1-3H3;1H. The Hall–Kier alpha value is -2.25. The summed E-state index contributed by atoms with van der Waals surface area (Å²) in [5.74, 6) is 0. The highest BCUT2D eigenvalue weighted by atomic mass is 35.5. The molecule has 0 heterocycles. The van der Waals surface area contributed by atoms with Crippen LogP contribution in [0, 0.1) is 0 Å². The SMILES string of the molecule is CC(C)(C)c1cccc(Nc2ccc(-c3ccccc3)cc2)c1.Cl. The van der Waals surface area contributed by atoms with Crippen molar-refractivity contribution < 1.29 is 0 Å². The highest BCUT2D eigenvalue weighted by Gasteiger charge is 2.13. The molecule has 0 atom stereocenters. The van der Waals surface area contributed by atoms with Crippen LogP contribution in [0.15, 0.2) is 78.9 Å². The van der Waals surface area contributed by atoms with Crippen molar-refractivity contribution in [1.82, 2.24) is 0 Å². The number of nitrogens with one attached hydrogen (secondary N) is 1. The third-order valence-corrected chi connectivity index (χ3v) is 4.01. The number of benzene rings is 3. The molecule has 124 valence electrons. The molecule has 3 aromatic rings. The van der Waals surface area contributed by atoms with Crippen LogP contribution in [-0.2, 0) is 5.41 Å². The fraction of sp³-hybridized carbons (Fsp3) is 0.182. The van der Waals surface area contributed by atoms with E-state index in [4.69, 9.17) is 0 Å². The molecule has 0 aliphatic carbocycles. The van der Waals surface area contributed by atoms with E-state index in [2.05, 4.69) is 98.9 Å². The van der Waals surface area contributed by atoms with E-state index in [1.165, 1.54) is 16.7 Å². The van der Waals surface area contributed by atoms with Crippen LogP contribution >= 0.6 is 12.4 Å². The summed E-state index contributed by atoms with van der Waals surface area (Å²) in [5, 5.41) is 3.50. The van der Waals surface area contributed by atoms with Gasteiger partial charge < -0.3 is 5.32 Å². The maximum atomic E-state index is 3.50. The van der Waals surface area contributed by atoms with Crippen molar-refractivity contribution >= 4 is 23.8 Å². The van der Waals surface area contributed by atoms with E-state index in [-0.39, 0.29) is 17.8 Å². The van der Waals surface area contributed by atoms with Gasteiger partial charge in [-0.15, -0.1) is 12.4 Å². The fourth-order valence-corrected chi connectivity index (χ4v) is 2.61. The molecule has 0 aliphatic heterocycles. The van der Waals surface area contributed by atoms with Gasteiger partial charge in [0.15, 0.2) is 0 Å². The van der Waals surface area contributed by atoms with Crippen molar-refractivity contribution in [3.8, 4) is 11.1 Å². The van der Waals surface area contributed by atoms with Gasteiger partial charge in [-0.1, -0.05) is 75.4 Å². The molecule has 1 N–H and O–H groups in total. The monoisotopic (exact) mass is 337 g/mol. The Morgan fingerprint density at radius 1 is 0.625 bits per heavy atom. The van der Waals surface area contributed by atoms with Crippen molar-refractivity contribution in [3.05, 3.63) is 84.4 Å². The first kappa shape index (κ1) is 18.1. The molecular weight excluding hydrogens is 314 g/mol. The largest absolute Gasteiger partial charge is 0.356 e. The Morgan fingerprint density at radius 3 is 1.88 bits per heavy atom. The molecule has 0 spiro atoms. The van der Waals surface area contributed by atoms with Gasteiger partial charge in [0, 0.05) is 11.4 Å². The summed E-state index contributed by atoms with van der Waals surface area (Å²) in [6, 6.07) is 27.7. The molecule has 0 aliphatic rings. The summed E-state index contributed by atoms with van der Waals surface area (Å²) in [6.07, 6.45) is 0. The van der Waals surface area contributed by atoms with Gasteiger partial charge in [0.25, 0.3) is 0 Å². The zero-order valence-electron chi connectivity index (χ0n) is 14.4. The summed E-state index contributed by atoms with van der Waals surface area (Å²) < 4.78 is 0. The zero-order valence-corrected chi connectivity index (χ0v) is 15.2. The highest BCUT2D eigenvalue weighted by molar-refractivity contribution is 5.85. The minimum atomic E-state index is 0. The van der Waals surface area contributed by atoms with E-state index >= 15 is 0 Å². The molecule has 2 heteroatoms. The van der Waals surface area contributed by atoms with E-state index in [9.17, 15) is 0 Å². The molecule has 0 unspecified atom stereocenters. The average molecular weight is 338 g/mol. The van der Waals surface area contributed by atoms with Crippen LogP contribution < -0.4 is 5.32 Å². The molecule has 24 heavy (non-hydrogen) atoms. The lowest BCUT2D eigenvalue weighted by Crippen LogP contribution is -2.10. The highest BCUT2D eigenvalue weighted by Crippen LogP contribution is 2.27. The number of anilines is 2. The molecule has 3 aromatic carbocycles. The molecule has 3 rings (SSSR count). The van der Waals surface area contributed by atoms with Gasteiger partial charge in [-0.25, -0.2) is 0 Å². The predicted octanol–water partition coefficient (Wildman–Crippen LogP) is 6.82. The second-order valence-electron chi connectivity index (χ2n) is 6.90. The van der Waals surface area contributed by atoms with Crippen molar-refractivity contribution in [2.45, 2.75) is 26.2 Å². The fourth-order valence-electron chi connectivity index (χ4n) is 2.61. The Balaban J connectivity index is 0.00000208. The van der Waals surface area contributed by atoms with Crippen molar-refractivity contribution in [2.24, 2.45) is 0 Å². The molecule has 0 fully saturated rings. The molecule has 0 amide bonds. The van der Waals surface area contributed by atoms with Crippen LogP contribution in [0.5, 0.6) is 0 Å². The molecular formula is C22H24ClN. The molecule has 0 saturated carbocycles. The summed E-state index contributed by atoms with van der Waals surface area (Å²) in [4.78, 5) is 0. The lowest BCUT2D eigenvalue weighted by atomic mass is 9.87. The van der Waals surface area contributed by atoms with E-state index < -0.39 is 0 Å². The van der Waals surface area contributed by atoms with Crippen LogP contribution in [0.2, 0.25) is 0 Å². The minimum absolute atomic E-state index is 0. The van der Waals surface area contributed by atoms with Crippen LogP contribution in [0.25, 0.3) is 11.1 Å². The number of rotatable bonds is 3. The van der Waals surface area contributed by atoms with Gasteiger partial charge in [0.05, 0.1) is 0 Å². The van der Waals surface area contributed by atoms with Gasteiger partial charge in [-0.2, -0.15) is 0 Å². The van der Waals surface area contributed by atoms with Gasteiger partial charge in [-0.3, -0.25) is 0 Å². The Kier molecular flexibility index (Phi) is 5.69. The Labute approximate surface area is 151 Å². The lowest BCUT2D eigenvalue weighted by molar-refractivity contribution is 0.590.